The van der Waals surface area contributed by atoms with Gasteiger partial charge in [0.2, 0.25) is 0 Å². The molecule has 5 rings (SSSR count). The highest BCUT2D eigenvalue weighted by Gasteiger charge is 2.34. The van der Waals surface area contributed by atoms with E-state index >= 15 is 0 Å². The van der Waals surface area contributed by atoms with Gasteiger partial charge in [0.25, 0.3) is 11.8 Å². The molecule has 9 heteroatoms. The van der Waals surface area contributed by atoms with Crippen LogP contribution in [0.1, 0.15) is 5.69 Å². The maximum absolute atomic E-state index is 13.2. The molecule has 1 saturated heterocycles. The minimum Gasteiger partial charge on any atom is -0.457 e. The van der Waals surface area contributed by atoms with Gasteiger partial charge in [0.1, 0.15) is 22.8 Å². The molecule has 7 nitrogen and oxygen atoms in total. The number of carbonyl (C=O) groups excluding carboxylic acids is 2. The van der Waals surface area contributed by atoms with E-state index < -0.39 is 11.8 Å². The van der Waals surface area contributed by atoms with Gasteiger partial charge in [-0.05, 0) is 66.1 Å². The lowest BCUT2D eigenvalue weighted by atomic mass is 10.1. The normalized spacial score (nSPS) is 15.1. The topological polar surface area (TPSA) is 84.7 Å². The highest BCUT2D eigenvalue weighted by Crippen LogP contribution is 2.28. The highest BCUT2D eigenvalue weighted by molar-refractivity contribution is 7.80. The fourth-order valence-electron chi connectivity index (χ4n) is 3.22. The van der Waals surface area contributed by atoms with Crippen LogP contribution < -0.4 is 15.0 Å². The van der Waals surface area contributed by atoms with E-state index in [1.54, 1.807) is 30.3 Å². The number of thiophene rings is 1. The van der Waals surface area contributed by atoms with Crippen LogP contribution in [0.3, 0.4) is 0 Å². The van der Waals surface area contributed by atoms with Gasteiger partial charge in [-0.2, -0.15) is 0 Å². The van der Waals surface area contributed by atoms with E-state index in [4.69, 9.17) is 21.5 Å². The molecule has 1 fully saturated rings. The number of nitrogens with one attached hydrogen (secondary N) is 1. The lowest BCUT2D eigenvalue weighted by molar-refractivity contribution is -0.122. The third kappa shape index (κ3) is 4.32. The van der Waals surface area contributed by atoms with Crippen LogP contribution >= 0.6 is 23.6 Å². The van der Waals surface area contributed by atoms with Crippen molar-refractivity contribution < 1.29 is 18.8 Å². The maximum atomic E-state index is 13.2. The zero-order chi connectivity index (χ0) is 22.8. The summed E-state index contributed by atoms with van der Waals surface area (Å²) < 4.78 is 11.1. The second-order valence-electron chi connectivity index (χ2n) is 6.96. The van der Waals surface area contributed by atoms with Gasteiger partial charge < -0.3 is 9.26 Å². The van der Waals surface area contributed by atoms with Crippen LogP contribution in [0.25, 0.3) is 16.7 Å². The Morgan fingerprint density at radius 3 is 2.48 bits per heavy atom. The van der Waals surface area contributed by atoms with Crippen molar-refractivity contribution in [3.8, 4) is 22.1 Å². The Kier molecular flexibility index (Phi) is 5.55. The van der Waals surface area contributed by atoms with E-state index in [1.807, 2.05) is 47.8 Å². The number of hydrogen-bond acceptors (Lipinski definition) is 7. The number of nitrogens with zero attached hydrogens (tertiary/aromatic N) is 2. The Labute approximate surface area is 197 Å². The molecule has 0 spiro atoms. The minimum atomic E-state index is -0.592. The number of para-hydroxylation sites is 1. The number of benzene rings is 2. The Hall–Kier alpha value is -4.08. The quantitative estimate of drug-likeness (QED) is 0.249. The molecular weight excluding hydrogens is 458 g/mol. The summed E-state index contributed by atoms with van der Waals surface area (Å²) in [5.41, 5.74) is 0.756. The van der Waals surface area contributed by atoms with Gasteiger partial charge in [-0.15, -0.1) is 11.3 Å². The molecule has 2 aromatic heterocycles. The van der Waals surface area contributed by atoms with Crippen LogP contribution in [0.5, 0.6) is 11.5 Å². The van der Waals surface area contributed by atoms with Crippen LogP contribution in [0.4, 0.5) is 5.69 Å². The van der Waals surface area contributed by atoms with Crippen molar-refractivity contribution in [1.82, 2.24) is 10.5 Å². The van der Waals surface area contributed by atoms with E-state index in [9.17, 15) is 9.59 Å². The number of thiocarbonyl (C=S) groups is 1. The molecule has 0 radical (unpaired) electrons. The van der Waals surface area contributed by atoms with Crippen molar-refractivity contribution in [3.05, 3.63) is 89.4 Å². The first-order chi connectivity index (χ1) is 16.1. The maximum Gasteiger partial charge on any atom is 0.270 e. The van der Waals surface area contributed by atoms with Crippen LogP contribution in [0.2, 0.25) is 0 Å². The standard InChI is InChI=1S/C24H15N3O4S2/c28-22-19(13-15-14-20(31-26-15)21-7-4-12-33-21)23(29)27(24(32)25-22)16-8-10-18(11-9-16)30-17-5-2-1-3-6-17/h1-14H,(H,25,28,32). The number of amides is 2. The Morgan fingerprint density at radius 2 is 1.76 bits per heavy atom. The average molecular weight is 474 g/mol. The zero-order valence-electron chi connectivity index (χ0n) is 16.9. The first kappa shape index (κ1) is 20.8. The number of rotatable bonds is 5. The van der Waals surface area contributed by atoms with Crippen LogP contribution in [-0.2, 0) is 9.59 Å². The summed E-state index contributed by atoms with van der Waals surface area (Å²) in [4.78, 5) is 27.8. The number of anilines is 1. The average Bonchev–Trinajstić information content (AvgIpc) is 3.50. The Morgan fingerprint density at radius 1 is 1.00 bits per heavy atom. The van der Waals surface area contributed by atoms with E-state index in [-0.39, 0.29) is 10.7 Å². The molecule has 0 unspecified atom stereocenters. The van der Waals surface area contributed by atoms with E-state index in [0.717, 1.165) is 4.88 Å². The Bertz CT molecular complexity index is 1360. The predicted octanol–water partition coefficient (Wildman–Crippen LogP) is 5.03. The minimum absolute atomic E-state index is 0.00157. The molecule has 1 aliphatic rings. The van der Waals surface area contributed by atoms with Crippen molar-refractivity contribution in [2.24, 2.45) is 0 Å². The summed E-state index contributed by atoms with van der Waals surface area (Å²) in [6.45, 7) is 0. The summed E-state index contributed by atoms with van der Waals surface area (Å²) in [5, 5.41) is 8.44. The van der Waals surface area contributed by atoms with E-state index in [1.165, 1.54) is 22.3 Å². The summed E-state index contributed by atoms with van der Waals surface area (Å²) in [6, 6.07) is 21.7. The van der Waals surface area contributed by atoms with Crippen molar-refractivity contribution in [2.45, 2.75) is 0 Å². The van der Waals surface area contributed by atoms with Crippen LogP contribution in [0.15, 0.2) is 88.3 Å². The Balaban J connectivity index is 1.39. The first-order valence-electron chi connectivity index (χ1n) is 9.83. The SMILES string of the molecule is O=C1NC(=S)N(c2ccc(Oc3ccccc3)cc2)C(=O)C1=Cc1cc(-c2cccs2)on1. The van der Waals surface area contributed by atoms with Crippen LogP contribution in [0, 0.1) is 0 Å². The lowest BCUT2D eigenvalue weighted by Gasteiger charge is -2.28. The number of ether oxygens (including phenoxy) is 1. The molecule has 1 aliphatic heterocycles. The molecule has 1 N–H and O–H groups in total. The molecule has 3 heterocycles. The molecule has 2 amide bonds. The third-order valence-corrected chi connectivity index (χ3v) is 5.93. The predicted molar refractivity (Wildman–Crippen MR) is 129 cm³/mol. The van der Waals surface area contributed by atoms with Crippen molar-refractivity contribution in [2.75, 3.05) is 4.90 Å². The van der Waals surface area contributed by atoms with Crippen molar-refractivity contribution >= 4 is 52.2 Å². The van der Waals surface area contributed by atoms with Gasteiger partial charge in [0.15, 0.2) is 10.9 Å². The fraction of sp³-hybridized carbons (Fsp3) is 0. The second kappa shape index (κ2) is 8.81. The number of hydrogen-bond donors (Lipinski definition) is 1. The molecule has 33 heavy (non-hydrogen) atoms. The zero-order valence-corrected chi connectivity index (χ0v) is 18.6. The summed E-state index contributed by atoms with van der Waals surface area (Å²) in [6.07, 6.45) is 1.39. The first-order valence-corrected chi connectivity index (χ1v) is 11.1. The number of aromatic nitrogens is 1. The van der Waals surface area contributed by atoms with E-state index in [0.29, 0.717) is 28.6 Å². The molecular formula is C24H15N3O4S2. The van der Waals surface area contributed by atoms with Gasteiger partial charge in [0.05, 0.1) is 10.6 Å². The monoisotopic (exact) mass is 473 g/mol. The summed E-state index contributed by atoms with van der Waals surface area (Å²) in [5.74, 6) is 0.708. The second-order valence-corrected chi connectivity index (χ2v) is 8.29. The smallest absolute Gasteiger partial charge is 0.270 e. The summed E-state index contributed by atoms with van der Waals surface area (Å²) in [7, 11) is 0. The lowest BCUT2D eigenvalue weighted by Crippen LogP contribution is -2.54. The van der Waals surface area contributed by atoms with Gasteiger partial charge in [0, 0.05) is 6.07 Å². The van der Waals surface area contributed by atoms with E-state index in [2.05, 4.69) is 10.5 Å². The number of carbonyl (C=O) groups is 2. The molecule has 0 aliphatic carbocycles. The molecule has 0 bridgehead atoms. The van der Waals surface area contributed by atoms with Gasteiger partial charge in [-0.25, -0.2) is 0 Å². The molecule has 162 valence electrons. The molecule has 0 saturated carbocycles. The van der Waals surface area contributed by atoms with Gasteiger partial charge >= 0.3 is 0 Å². The van der Waals surface area contributed by atoms with Gasteiger partial charge in [-0.3, -0.25) is 19.8 Å². The van der Waals surface area contributed by atoms with Gasteiger partial charge in [-0.1, -0.05) is 29.4 Å². The summed E-state index contributed by atoms with van der Waals surface area (Å²) >= 11 is 6.76. The highest BCUT2D eigenvalue weighted by atomic mass is 32.1. The molecule has 0 atom stereocenters. The van der Waals surface area contributed by atoms with Crippen LogP contribution in [-0.4, -0.2) is 22.1 Å². The third-order valence-electron chi connectivity index (χ3n) is 4.76. The van der Waals surface area contributed by atoms with Crippen molar-refractivity contribution in [3.63, 3.8) is 0 Å². The largest absolute Gasteiger partial charge is 0.457 e. The molecule has 4 aromatic rings. The molecule has 2 aromatic carbocycles. The fourth-order valence-corrected chi connectivity index (χ4v) is 4.17. The van der Waals surface area contributed by atoms with Crippen molar-refractivity contribution in [1.29, 1.82) is 0 Å².